The number of hydrogen-bond donors (Lipinski definition) is 1. The van der Waals surface area contributed by atoms with Crippen LogP contribution in [0.5, 0.6) is 0 Å². The molecule has 7 nitrogen and oxygen atoms in total. The van der Waals surface area contributed by atoms with Crippen LogP contribution in [-0.4, -0.2) is 42.1 Å². The molecular weight excluding hydrogens is 328 g/mol. The highest BCUT2D eigenvalue weighted by molar-refractivity contribution is 6.33. The van der Waals surface area contributed by atoms with Crippen LogP contribution in [0.2, 0.25) is 5.02 Å². The smallest absolute Gasteiger partial charge is 0.252 e. The normalized spacial score (nSPS) is 16.9. The first-order valence-electron chi connectivity index (χ1n) is 7.57. The van der Waals surface area contributed by atoms with E-state index in [9.17, 15) is 4.79 Å². The first kappa shape index (κ1) is 16.3. The molecule has 0 radical (unpaired) electrons. The third-order valence-corrected chi connectivity index (χ3v) is 4.31. The van der Waals surface area contributed by atoms with Crippen LogP contribution >= 0.6 is 11.6 Å². The highest BCUT2D eigenvalue weighted by Gasteiger charge is 2.28. The third-order valence-electron chi connectivity index (χ3n) is 4.03. The molecule has 1 atom stereocenters. The summed E-state index contributed by atoms with van der Waals surface area (Å²) in [7, 11) is 3.67. The van der Waals surface area contributed by atoms with Crippen LogP contribution in [0.4, 0.5) is 11.8 Å². The van der Waals surface area contributed by atoms with Crippen molar-refractivity contribution in [3.05, 3.63) is 45.0 Å². The van der Waals surface area contributed by atoms with Crippen LogP contribution in [0.15, 0.2) is 23.1 Å². The number of nitrogens with zero attached hydrogens (tertiary/aromatic N) is 5. The van der Waals surface area contributed by atoms with Crippen molar-refractivity contribution in [3.8, 4) is 6.07 Å². The summed E-state index contributed by atoms with van der Waals surface area (Å²) >= 11 is 6.24. The molecule has 0 spiro atoms. The second-order valence-electron chi connectivity index (χ2n) is 5.96. The van der Waals surface area contributed by atoms with E-state index in [-0.39, 0.29) is 11.5 Å². The van der Waals surface area contributed by atoms with Gasteiger partial charge in [-0.15, -0.1) is 0 Å². The second-order valence-corrected chi connectivity index (χ2v) is 6.37. The minimum Gasteiger partial charge on any atom is -0.355 e. The van der Waals surface area contributed by atoms with Gasteiger partial charge in [-0.25, -0.2) is 9.97 Å². The van der Waals surface area contributed by atoms with Gasteiger partial charge in [0.15, 0.2) is 0 Å². The quantitative estimate of drug-likeness (QED) is 0.912. The molecule has 124 valence electrons. The Morgan fingerprint density at radius 3 is 2.92 bits per heavy atom. The van der Waals surface area contributed by atoms with Gasteiger partial charge in [-0.05, 0) is 12.5 Å². The van der Waals surface area contributed by atoms with Crippen molar-refractivity contribution in [3.63, 3.8) is 0 Å². The molecule has 8 heteroatoms. The summed E-state index contributed by atoms with van der Waals surface area (Å²) in [5.41, 5.74) is 1.05. The fraction of sp³-hybridized carbons (Fsp3) is 0.375. The molecule has 0 aliphatic carbocycles. The first-order valence-corrected chi connectivity index (χ1v) is 7.95. The zero-order valence-corrected chi connectivity index (χ0v) is 14.2. The van der Waals surface area contributed by atoms with E-state index >= 15 is 0 Å². The van der Waals surface area contributed by atoms with Crippen LogP contribution in [0, 0.1) is 11.3 Å². The van der Waals surface area contributed by atoms with E-state index in [1.807, 2.05) is 20.2 Å². The monoisotopic (exact) mass is 344 g/mol. The lowest BCUT2D eigenvalue weighted by molar-refractivity contribution is 0.733. The number of halogens is 1. The van der Waals surface area contributed by atoms with Gasteiger partial charge >= 0.3 is 0 Å². The Hall–Kier alpha value is -2.59. The van der Waals surface area contributed by atoms with Gasteiger partial charge in [0, 0.05) is 45.4 Å². The zero-order valence-electron chi connectivity index (χ0n) is 13.5. The highest BCUT2D eigenvalue weighted by atomic mass is 35.5. The van der Waals surface area contributed by atoms with Crippen LogP contribution < -0.4 is 15.4 Å². The van der Waals surface area contributed by atoms with Gasteiger partial charge in [-0.1, -0.05) is 11.6 Å². The van der Waals surface area contributed by atoms with Crippen LogP contribution in [0.3, 0.4) is 0 Å². The van der Waals surface area contributed by atoms with E-state index in [1.165, 1.54) is 6.20 Å². The Kier molecular flexibility index (Phi) is 4.40. The van der Waals surface area contributed by atoms with E-state index in [1.54, 1.807) is 17.0 Å². The molecule has 1 saturated heterocycles. The average Bonchev–Trinajstić information content (AvgIpc) is 3.03. The first-order chi connectivity index (χ1) is 11.5. The molecule has 1 unspecified atom stereocenters. The number of pyridine rings is 1. The molecule has 0 amide bonds. The molecule has 24 heavy (non-hydrogen) atoms. The Morgan fingerprint density at radius 2 is 2.25 bits per heavy atom. The standard InChI is InChI=1S/C16H17ClN6O/c1-22(2)16-20-13(6-14(24)21-16)11-3-4-23(9-11)15-12(17)5-10(7-18)8-19-15/h5-6,8,11H,3-4,9H2,1-2H3,(H,20,21,24). The van der Waals surface area contributed by atoms with Gasteiger partial charge in [0.05, 0.1) is 16.3 Å². The number of anilines is 2. The minimum atomic E-state index is -0.156. The van der Waals surface area contributed by atoms with Crippen molar-refractivity contribution >= 4 is 23.4 Å². The summed E-state index contributed by atoms with van der Waals surface area (Å²) in [6.07, 6.45) is 2.38. The molecule has 1 fully saturated rings. The Morgan fingerprint density at radius 1 is 1.46 bits per heavy atom. The number of aromatic amines is 1. The molecular formula is C16H17ClN6O. The summed E-state index contributed by atoms with van der Waals surface area (Å²) < 4.78 is 0. The lowest BCUT2D eigenvalue weighted by Gasteiger charge is -2.19. The van der Waals surface area contributed by atoms with Gasteiger partial charge in [-0.3, -0.25) is 9.78 Å². The SMILES string of the molecule is CN(C)c1nc(C2CCN(c3ncc(C#N)cc3Cl)C2)cc(=O)[nH]1. The molecule has 2 aromatic heterocycles. The predicted octanol–water partition coefficient (Wildman–Crippen LogP) is 1.75. The van der Waals surface area contributed by atoms with Crippen molar-refractivity contribution in [1.82, 2.24) is 15.0 Å². The number of nitrogens with one attached hydrogen (secondary N) is 1. The maximum absolute atomic E-state index is 11.8. The van der Waals surface area contributed by atoms with Gasteiger partial charge in [0.25, 0.3) is 5.56 Å². The molecule has 2 aromatic rings. The van der Waals surface area contributed by atoms with Crippen LogP contribution in [0.1, 0.15) is 23.6 Å². The van der Waals surface area contributed by atoms with Gasteiger partial charge in [0.2, 0.25) is 5.95 Å². The molecule has 1 N–H and O–H groups in total. The molecule has 1 aliphatic heterocycles. The highest BCUT2D eigenvalue weighted by Crippen LogP contribution is 2.32. The molecule has 0 bridgehead atoms. The zero-order chi connectivity index (χ0) is 17.3. The minimum absolute atomic E-state index is 0.138. The number of hydrogen-bond acceptors (Lipinski definition) is 6. The second kappa shape index (κ2) is 6.49. The van der Waals surface area contributed by atoms with Crippen molar-refractivity contribution in [2.45, 2.75) is 12.3 Å². The number of H-pyrrole nitrogens is 1. The summed E-state index contributed by atoms with van der Waals surface area (Å²) in [4.78, 5) is 27.2. The van der Waals surface area contributed by atoms with Crippen molar-refractivity contribution in [2.75, 3.05) is 37.0 Å². The molecule has 0 aromatic carbocycles. The number of nitriles is 1. The van der Waals surface area contributed by atoms with E-state index < -0.39 is 0 Å². The van der Waals surface area contributed by atoms with Crippen molar-refractivity contribution in [2.24, 2.45) is 0 Å². The fourth-order valence-corrected chi connectivity index (χ4v) is 3.09. The Balaban J connectivity index is 1.83. The van der Waals surface area contributed by atoms with Gasteiger partial charge < -0.3 is 9.80 Å². The van der Waals surface area contributed by atoms with E-state index in [0.717, 1.165) is 18.7 Å². The molecule has 3 rings (SSSR count). The lowest BCUT2D eigenvalue weighted by atomic mass is 10.1. The van der Waals surface area contributed by atoms with Gasteiger partial charge in [0.1, 0.15) is 11.9 Å². The molecule has 0 saturated carbocycles. The average molecular weight is 345 g/mol. The molecule has 1 aliphatic rings. The Bertz CT molecular complexity index is 856. The third kappa shape index (κ3) is 3.19. The van der Waals surface area contributed by atoms with Gasteiger partial charge in [-0.2, -0.15) is 5.26 Å². The summed E-state index contributed by atoms with van der Waals surface area (Å²) in [6, 6.07) is 5.19. The van der Waals surface area contributed by atoms with Crippen molar-refractivity contribution < 1.29 is 0 Å². The molecule has 3 heterocycles. The summed E-state index contributed by atoms with van der Waals surface area (Å²) in [5.74, 6) is 1.35. The summed E-state index contributed by atoms with van der Waals surface area (Å²) in [5, 5.41) is 9.36. The Labute approximate surface area is 144 Å². The van der Waals surface area contributed by atoms with E-state index in [2.05, 4.69) is 19.9 Å². The van der Waals surface area contributed by atoms with Crippen molar-refractivity contribution in [1.29, 1.82) is 5.26 Å². The number of rotatable bonds is 3. The van der Waals surface area contributed by atoms with Crippen LogP contribution in [-0.2, 0) is 0 Å². The van der Waals surface area contributed by atoms with E-state index in [4.69, 9.17) is 16.9 Å². The largest absolute Gasteiger partial charge is 0.355 e. The topological polar surface area (TPSA) is 88.9 Å². The fourth-order valence-electron chi connectivity index (χ4n) is 2.80. The van der Waals surface area contributed by atoms with Crippen LogP contribution in [0.25, 0.3) is 0 Å². The maximum atomic E-state index is 11.8. The maximum Gasteiger partial charge on any atom is 0.252 e. The number of aromatic nitrogens is 3. The summed E-state index contributed by atoms with van der Waals surface area (Å²) in [6.45, 7) is 1.46. The predicted molar refractivity (Wildman–Crippen MR) is 92.7 cm³/mol. The van der Waals surface area contributed by atoms with E-state index in [0.29, 0.717) is 28.9 Å². The lowest BCUT2D eigenvalue weighted by Crippen LogP contribution is -2.23.